The van der Waals surface area contributed by atoms with Crippen LogP contribution in [-0.4, -0.2) is 34.6 Å². The number of hydrogen-bond acceptors (Lipinski definition) is 4. The van der Waals surface area contributed by atoms with Crippen LogP contribution in [0.4, 0.5) is 4.79 Å². The molecule has 1 rings (SSSR count). The Labute approximate surface area is 130 Å². The average molecular weight is 310 g/mol. The predicted molar refractivity (Wildman–Crippen MR) is 86.1 cm³/mol. The van der Waals surface area contributed by atoms with Crippen LogP contribution in [0.15, 0.2) is 30.3 Å². The minimum Gasteiger partial charge on any atom is -0.444 e. The molecule has 3 N–H and O–H groups in total. The molecule has 6 heteroatoms. The van der Waals surface area contributed by atoms with E-state index < -0.39 is 11.7 Å². The predicted octanol–water partition coefficient (Wildman–Crippen LogP) is 1.99. The lowest BCUT2D eigenvalue weighted by Gasteiger charge is -2.22. The number of amides is 1. The number of aliphatic hydroxyl groups is 1. The molecule has 0 saturated heterocycles. The SMILES string of the molecule is CC(C)(C)OC(=O)NC(=S)NC(CO)Cc1ccccc1. The van der Waals surface area contributed by atoms with Gasteiger partial charge in [-0.3, -0.25) is 5.32 Å². The molecule has 0 aromatic heterocycles. The fourth-order valence-electron chi connectivity index (χ4n) is 1.68. The fourth-order valence-corrected chi connectivity index (χ4v) is 1.93. The smallest absolute Gasteiger partial charge is 0.413 e. The van der Waals surface area contributed by atoms with E-state index in [-0.39, 0.29) is 17.8 Å². The lowest BCUT2D eigenvalue weighted by Crippen LogP contribution is -2.47. The van der Waals surface area contributed by atoms with Crippen molar-refractivity contribution in [3.63, 3.8) is 0 Å². The molecule has 0 aliphatic carbocycles. The van der Waals surface area contributed by atoms with Gasteiger partial charge in [0.25, 0.3) is 0 Å². The number of aliphatic hydroxyl groups excluding tert-OH is 1. The lowest BCUT2D eigenvalue weighted by atomic mass is 10.1. The summed E-state index contributed by atoms with van der Waals surface area (Å²) in [7, 11) is 0. The highest BCUT2D eigenvalue weighted by molar-refractivity contribution is 7.80. The third kappa shape index (κ3) is 7.63. The van der Waals surface area contributed by atoms with Gasteiger partial charge < -0.3 is 15.2 Å². The molecule has 0 saturated carbocycles. The van der Waals surface area contributed by atoms with Crippen molar-refractivity contribution >= 4 is 23.4 Å². The highest BCUT2D eigenvalue weighted by atomic mass is 32.1. The van der Waals surface area contributed by atoms with Crippen molar-refractivity contribution in [1.29, 1.82) is 0 Å². The summed E-state index contributed by atoms with van der Waals surface area (Å²) in [5.41, 5.74) is 0.490. The standard InChI is InChI=1S/C15H22N2O3S/c1-15(2,3)20-14(19)17-13(21)16-12(10-18)9-11-7-5-4-6-8-11/h4-8,12,18H,9-10H2,1-3H3,(H2,16,17,19,21). The van der Waals surface area contributed by atoms with Gasteiger partial charge >= 0.3 is 6.09 Å². The molecule has 21 heavy (non-hydrogen) atoms. The van der Waals surface area contributed by atoms with Crippen LogP contribution in [0.5, 0.6) is 0 Å². The monoisotopic (exact) mass is 310 g/mol. The van der Waals surface area contributed by atoms with Gasteiger partial charge in [-0.15, -0.1) is 0 Å². The number of thiocarbonyl (C=S) groups is 1. The Morgan fingerprint density at radius 1 is 1.33 bits per heavy atom. The molecule has 0 aliphatic rings. The van der Waals surface area contributed by atoms with E-state index in [1.165, 1.54) is 0 Å². The second kappa shape index (κ2) is 7.95. The van der Waals surface area contributed by atoms with Crippen LogP contribution in [0.25, 0.3) is 0 Å². The minimum atomic E-state index is -0.614. The first-order valence-electron chi connectivity index (χ1n) is 6.75. The molecule has 1 aromatic carbocycles. The average Bonchev–Trinajstić information content (AvgIpc) is 2.36. The molecule has 1 aromatic rings. The summed E-state index contributed by atoms with van der Waals surface area (Å²) in [4.78, 5) is 11.6. The van der Waals surface area contributed by atoms with Gasteiger partial charge in [-0.1, -0.05) is 30.3 Å². The summed E-state index contributed by atoms with van der Waals surface area (Å²) in [6.07, 6.45) is -0.00980. The molecule has 1 amide bonds. The second-order valence-corrected chi connectivity index (χ2v) is 6.08. The van der Waals surface area contributed by atoms with E-state index in [4.69, 9.17) is 17.0 Å². The van der Waals surface area contributed by atoms with Crippen molar-refractivity contribution in [1.82, 2.24) is 10.6 Å². The Hall–Kier alpha value is -1.66. The maximum Gasteiger partial charge on any atom is 0.413 e. The maximum atomic E-state index is 11.6. The lowest BCUT2D eigenvalue weighted by molar-refractivity contribution is 0.0562. The number of carbonyl (C=O) groups is 1. The van der Waals surface area contributed by atoms with Crippen molar-refractivity contribution in [2.45, 2.75) is 38.8 Å². The van der Waals surface area contributed by atoms with E-state index in [0.29, 0.717) is 6.42 Å². The number of carbonyl (C=O) groups excluding carboxylic acids is 1. The first-order valence-corrected chi connectivity index (χ1v) is 7.16. The number of ether oxygens (including phenoxy) is 1. The van der Waals surface area contributed by atoms with Crippen LogP contribution < -0.4 is 10.6 Å². The van der Waals surface area contributed by atoms with E-state index in [1.54, 1.807) is 20.8 Å². The third-order valence-corrected chi connectivity index (χ3v) is 2.71. The Morgan fingerprint density at radius 2 is 1.95 bits per heavy atom. The van der Waals surface area contributed by atoms with Crippen LogP contribution in [0.1, 0.15) is 26.3 Å². The van der Waals surface area contributed by atoms with Crippen molar-refractivity contribution < 1.29 is 14.6 Å². The van der Waals surface area contributed by atoms with Gasteiger partial charge in [0.15, 0.2) is 5.11 Å². The van der Waals surface area contributed by atoms with Gasteiger partial charge in [-0.2, -0.15) is 0 Å². The van der Waals surface area contributed by atoms with Gasteiger partial charge in [0.2, 0.25) is 0 Å². The molecule has 0 aliphatic heterocycles. The summed E-state index contributed by atoms with van der Waals surface area (Å²) in [6, 6.07) is 9.46. The highest BCUT2D eigenvalue weighted by Gasteiger charge is 2.18. The quantitative estimate of drug-likeness (QED) is 0.742. The zero-order chi connectivity index (χ0) is 15.9. The molecule has 5 nitrogen and oxygen atoms in total. The van der Waals surface area contributed by atoms with E-state index in [2.05, 4.69) is 10.6 Å². The Morgan fingerprint density at radius 3 is 2.48 bits per heavy atom. The van der Waals surface area contributed by atoms with Crippen LogP contribution >= 0.6 is 12.2 Å². The van der Waals surface area contributed by atoms with Crippen LogP contribution in [0, 0.1) is 0 Å². The molecule has 116 valence electrons. The van der Waals surface area contributed by atoms with E-state index in [0.717, 1.165) is 5.56 Å². The zero-order valence-corrected chi connectivity index (χ0v) is 13.4. The van der Waals surface area contributed by atoms with Gasteiger partial charge in [0.05, 0.1) is 12.6 Å². The van der Waals surface area contributed by atoms with Gasteiger partial charge in [0, 0.05) is 0 Å². The van der Waals surface area contributed by atoms with E-state index in [9.17, 15) is 9.90 Å². The second-order valence-electron chi connectivity index (χ2n) is 5.67. The summed E-state index contributed by atoms with van der Waals surface area (Å²) in [5.74, 6) is 0. The Bertz CT molecular complexity index is 472. The molecule has 0 heterocycles. The number of benzene rings is 1. The molecule has 1 atom stereocenters. The summed E-state index contributed by atoms with van der Waals surface area (Å²) in [6.45, 7) is 5.23. The third-order valence-electron chi connectivity index (χ3n) is 2.50. The first-order chi connectivity index (χ1) is 9.80. The highest BCUT2D eigenvalue weighted by Crippen LogP contribution is 2.06. The van der Waals surface area contributed by atoms with Gasteiger partial charge in [-0.05, 0) is 45.0 Å². The number of rotatable bonds is 4. The van der Waals surface area contributed by atoms with Crippen molar-refractivity contribution in [3.05, 3.63) is 35.9 Å². The van der Waals surface area contributed by atoms with E-state index in [1.807, 2.05) is 30.3 Å². The molecule has 0 bridgehead atoms. The Kier molecular flexibility index (Phi) is 6.58. The normalized spacial score (nSPS) is 12.4. The van der Waals surface area contributed by atoms with E-state index >= 15 is 0 Å². The molecule has 0 spiro atoms. The summed E-state index contributed by atoms with van der Waals surface area (Å²) >= 11 is 5.04. The molecular weight excluding hydrogens is 288 g/mol. The minimum absolute atomic E-state index is 0.0922. The summed E-state index contributed by atoms with van der Waals surface area (Å²) < 4.78 is 5.10. The molecule has 0 radical (unpaired) electrons. The van der Waals surface area contributed by atoms with Crippen LogP contribution in [-0.2, 0) is 11.2 Å². The van der Waals surface area contributed by atoms with Crippen LogP contribution in [0.3, 0.4) is 0 Å². The van der Waals surface area contributed by atoms with Crippen LogP contribution in [0.2, 0.25) is 0 Å². The fraction of sp³-hybridized carbons (Fsp3) is 0.467. The summed E-state index contributed by atoms with van der Waals surface area (Å²) in [5, 5.41) is 14.9. The zero-order valence-electron chi connectivity index (χ0n) is 12.6. The Balaban J connectivity index is 2.46. The molecule has 1 unspecified atom stereocenters. The van der Waals surface area contributed by atoms with Crippen molar-refractivity contribution in [2.24, 2.45) is 0 Å². The maximum absolute atomic E-state index is 11.6. The molecular formula is C15H22N2O3S. The largest absolute Gasteiger partial charge is 0.444 e. The van der Waals surface area contributed by atoms with Crippen molar-refractivity contribution in [3.8, 4) is 0 Å². The topological polar surface area (TPSA) is 70.6 Å². The van der Waals surface area contributed by atoms with Crippen molar-refractivity contribution in [2.75, 3.05) is 6.61 Å². The first kappa shape index (κ1) is 17.4. The number of nitrogens with one attached hydrogen (secondary N) is 2. The number of hydrogen-bond donors (Lipinski definition) is 3. The molecule has 0 fully saturated rings. The van der Waals surface area contributed by atoms with Gasteiger partial charge in [0.1, 0.15) is 5.60 Å². The number of alkyl carbamates (subject to hydrolysis) is 1. The van der Waals surface area contributed by atoms with Gasteiger partial charge in [-0.25, -0.2) is 4.79 Å².